The van der Waals surface area contributed by atoms with E-state index in [2.05, 4.69) is 31.0 Å². The third-order valence-corrected chi connectivity index (χ3v) is 3.35. The third-order valence-electron chi connectivity index (χ3n) is 3.35. The summed E-state index contributed by atoms with van der Waals surface area (Å²) >= 11 is 0. The molecule has 16 heavy (non-hydrogen) atoms. The van der Waals surface area contributed by atoms with Crippen LogP contribution in [0.3, 0.4) is 0 Å². The van der Waals surface area contributed by atoms with Crippen LogP contribution < -0.4 is 5.32 Å². The van der Waals surface area contributed by atoms with Gasteiger partial charge in [0.05, 0.1) is 6.42 Å². The maximum Gasteiger partial charge on any atom is 0.305 e. The third kappa shape index (κ3) is 3.46. The van der Waals surface area contributed by atoms with Gasteiger partial charge in [-0.2, -0.15) is 0 Å². The first-order valence-corrected chi connectivity index (χ1v) is 6.20. The lowest BCUT2D eigenvalue weighted by Gasteiger charge is -2.30. The van der Waals surface area contributed by atoms with Crippen LogP contribution in [0.5, 0.6) is 0 Å². The van der Waals surface area contributed by atoms with E-state index >= 15 is 0 Å². The van der Waals surface area contributed by atoms with Crippen LogP contribution in [0, 0.1) is 0 Å². The van der Waals surface area contributed by atoms with Gasteiger partial charge in [-0.1, -0.05) is 6.92 Å². The summed E-state index contributed by atoms with van der Waals surface area (Å²) in [5.74, 6) is -0.700. The van der Waals surface area contributed by atoms with Gasteiger partial charge in [-0.05, 0) is 33.2 Å². The maximum atomic E-state index is 10.9. The van der Waals surface area contributed by atoms with E-state index in [1.165, 1.54) is 0 Å². The van der Waals surface area contributed by atoms with E-state index in [1.54, 1.807) is 0 Å². The Labute approximate surface area is 98.0 Å². The summed E-state index contributed by atoms with van der Waals surface area (Å²) in [4.78, 5) is 13.3. The lowest BCUT2D eigenvalue weighted by atomic mass is 9.94. The highest BCUT2D eigenvalue weighted by atomic mass is 16.4. The van der Waals surface area contributed by atoms with Gasteiger partial charge >= 0.3 is 5.97 Å². The van der Waals surface area contributed by atoms with E-state index in [-0.39, 0.29) is 12.0 Å². The van der Waals surface area contributed by atoms with Crippen molar-refractivity contribution in [2.45, 2.75) is 51.6 Å². The van der Waals surface area contributed by atoms with Gasteiger partial charge in [0.2, 0.25) is 0 Å². The second-order valence-corrected chi connectivity index (χ2v) is 5.09. The van der Waals surface area contributed by atoms with E-state index in [0.29, 0.717) is 6.04 Å². The molecule has 0 aromatic heterocycles. The van der Waals surface area contributed by atoms with Crippen molar-refractivity contribution >= 4 is 5.97 Å². The lowest BCUT2D eigenvalue weighted by Crippen LogP contribution is -2.50. The zero-order valence-electron chi connectivity index (χ0n) is 10.6. The molecule has 1 aliphatic heterocycles. The Morgan fingerprint density at radius 3 is 2.69 bits per heavy atom. The molecule has 0 radical (unpaired) electrons. The van der Waals surface area contributed by atoms with Crippen LogP contribution in [-0.2, 0) is 4.79 Å². The van der Waals surface area contributed by atoms with Crippen molar-refractivity contribution in [2.24, 2.45) is 0 Å². The van der Waals surface area contributed by atoms with Crippen LogP contribution in [0.4, 0.5) is 0 Å². The summed E-state index contributed by atoms with van der Waals surface area (Å²) in [6, 6.07) is 0.499. The first-order valence-electron chi connectivity index (χ1n) is 6.20. The Morgan fingerprint density at radius 2 is 2.25 bits per heavy atom. The van der Waals surface area contributed by atoms with Crippen LogP contribution in [-0.4, -0.2) is 47.2 Å². The van der Waals surface area contributed by atoms with E-state index < -0.39 is 5.97 Å². The van der Waals surface area contributed by atoms with E-state index in [9.17, 15) is 4.79 Å². The molecule has 0 spiro atoms. The number of aliphatic carboxylic acids is 1. The summed E-state index contributed by atoms with van der Waals surface area (Å²) in [5.41, 5.74) is -0.202. The average molecular weight is 228 g/mol. The van der Waals surface area contributed by atoms with Crippen molar-refractivity contribution in [3.8, 4) is 0 Å². The summed E-state index contributed by atoms with van der Waals surface area (Å²) in [6.45, 7) is 9.20. The van der Waals surface area contributed by atoms with Gasteiger partial charge in [-0.25, -0.2) is 0 Å². The van der Waals surface area contributed by atoms with E-state index in [1.807, 2.05) is 0 Å². The number of carboxylic acid groups (broad SMARTS) is 1. The Bertz CT molecular complexity index is 243. The number of nitrogens with zero attached hydrogens (tertiary/aromatic N) is 1. The van der Waals surface area contributed by atoms with Crippen molar-refractivity contribution in [1.29, 1.82) is 0 Å². The molecule has 0 amide bonds. The van der Waals surface area contributed by atoms with Gasteiger partial charge in [-0.15, -0.1) is 0 Å². The summed E-state index contributed by atoms with van der Waals surface area (Å²) < 4.78 is 0. The molecular weight excluding hydrogens is 204 g/mol. The molecule has 1 rings (SSSR count). The number of hydrogen-bond acceptors (Lipinski definition) is 3. The zero-order chi connectivity index (χ0) is 12.2. The normalized spacial score (nSPS) is 26.5. The summed E-state index contributed by atoms with van der Waals surface area (Å²) in [7, 11) is 0. The fraction of sp³-hybridized carbons (Fsp3) is 0.917. The van der Waals surface area contributed by atoms with Crippen LogP contribution in [0.25, 0.3) is 0 Å². The lowest BCUT2D eigenvalue weighted by molar-refractivity contribution is -0.138. The summed E-state index contributed by atoms with van der Waals surface area (Å²) in [6.07, 6.45) is 2.22. The van der Waals surface area contributed by atoms with Gasteiger partial charge in [0.25, 0.3) is 0 Å². The predicted molar refractivity (Wildman–Crippen MR) is 64.6 cm³/mol. The molecule has 0 aromatic carbocycles. The van der Waals surface area contributed by atoms with Crippen molar-refractivity contribution in [2.75, 3.05) is 19.6 Å². The smallest absolute Gasteiger partial charge is 0.305 e. The highest BCUT2D eigenvalue weighted by Crippen LogP contribution is 2.26. The quantitative estimate of drug-likeness (QED) is 0.720. The van der Waals surface area contributed by atoms with Gasteiger partial charge in [0.1, 0.15) is 0 Å². The van der Waals surface area contributed by atoms with Gasteiger partial charge in [0.15, 0.2) is 0 Å². The molecule has 1 heterocycles. The van der Waals surface area contributed by atoms with Crippen LogP contribution in [0.1, 0.15) is 40.0 Å². The molecule has 2 N–H and O–H groups in total. The Kier molecular flexibility index (Phi) is 4.74. The molecule has 0 aliphatic carbocycles. The second kappa shape index (κ2) is 5.64. The molecule has 4 nitrogen and oxygen atoms in total. The number of likely N-dealkylation sites (tertiary alicyclic amines) is 1. The minimum absolute atomic E-state index is 0.202. The molecule has 0 bridgehead atoms. The number of nitrogens with one attached hydrogen (secondary N) is 1. The molecule has 94 valence electrons. The van der Waals surface area contributed by atoms with Crippen LogP contribution in [0.2, 0.25) is 0 Å². The number of rotatable bonds is 6. The SMILES string of the molecule is CCCNC1(CC(=O)O)CCN(C(C)C)C1. The molecule has 1 unspecified atom stereocenters. The average Bonchev–Trinajstić information content (AvgIpc) is 2.59. The maximum absolute atomic E-state index is 10.9. The zero-order valence-corrected chi connectivity index (χ0v) is 10.6. The second-order valence-electron chi connectivity index (χ2n) is 5.09. The Morgan fingerprint density at radius 1 is 1.56 bits per heavy atom. The predicted octanol–water partition coefficient (Wildman–Crippen LogP) is 1.31. The molecule has 0 aromatic rings. The first-order chi connectivity index (χ1) is 7.49. The van der Waals surface area contributed by atoms with Crippen molar-refractivity contribution in [1.82, 2.24) is 10.2 Å². The number of hydrogen-bond donors (Lipinski definition) is 2. The van der Waals surface area contributed by atoms with Gasteiger partial charge < -0.3 is 10.4 Å². The molecule has 1 fully saturated rings. The highest BCUT2D eigenvalue weighted by Gasteiger charge is 2.39. The largest absolute Gasteiger partial charge is 0.481 e. The van der Waals surface area contributed by atoms with Crippen molar-refractivity contribution in [3.05, 3.63) is 0 Å². The molecular formula is C12H24N2O2. The summed E-state index contributed by atoms with van der Waals surface area (Å²) in [5, 5.41) is 12.4. The standard InChI is InChI=1S/C12H24N2O2/c1-4-6-13-12(8-11(15)16)5-7-14(9-12)10(2)3/h10,13H,4-9H2,1-3H3,(H,15,16). The van der Waals surface area contributed by atoms with Gasteiger partial charge in [0, 0.05) is 24.7 Å². The Hall–Kier alpha value is -0.610. The number of carboxylic acids is 1. The van der Waals surface area contributed by atoms with Gasteiger partial charge in [-0.3, -0.25) is 9.69 Å². The van der Waals surface area contributed by atoms with E-state index in [0.717, 1.165) is 32.5 Å². The van der Waals surface area contributed by atoms with Crippen molar-refractivity contribution < 1.29 is 9.90 Å². The van der Waals surface area contributed by atoms with Crippen LogP contribution >= 0.6 is 0 Å². The van der Waals surface area contributed by atoms with Crippen LogP contribution in [0.15, 0.2) is 0 Å². The topological polar surface area (TPSA) is 52.6 Å². The minimum atomic E-state index is -0.700. The molecule has 1 saturated heterocycles. The molecule has 1 aliphatic rings. The molecule has 4 heteroatoms. The monoisotopic (exact) mass is 228 g/mol. The fourth-order valence-electron chi connectivity index (χ4n) is 2.38. The molecule has 1 atom stereocenters. The van der Waals surface area contributed by atoms with Crippen molar-refractivity contribution in [3.63, 3.8) is 0 Å². The minimum Gasteiger partial charge on any atom is -0.481 e. The Balaban J connectivity index is 2.62. The fourth-order valence-corrected chi connectivity index (χ4v) is 2.38. The number of carbonyl (C=O) groups is 1. The van der Waals surface area contributed by atoms with E-state index in [4.69, 9.17) is 5.11 Å². The highest BCUT2D eigenvalue weighted by molar-refractivity contribution is 5.68. The first kappa shape index (κ1) is 13.5. The molecule has 0 saturated carbocycles.